The third-order valence-electron chi connectivity index (χ3n) is 5.25. The highest BCUT2D eigenvalue weighted by atomic mass is 35.5. The lowest BCUT2D eigenvalue weighted by atomic mass is 10.1. The first-order valence-corrected chi connectivity index (χ1v) is 10.5. The fourth-order valence-electron chi connectivity index (χ4n) is 3.52. The number of nitrogens with zero attached hydrogens (tertiary/aromatic N) is 2. The van der Waals surface area contributed by atoms with Crippen molar-refractivity contribution in [1.82, 2.24) is 0 Å². The van der Waals surface area contributed by atoms with Gasteiger partial charge in [-0.25, -0.2) is 9.69 Å². The molecule has 0 unspecified atom stereocenters. The van der Waals surface area contributed by atoms with Crippen LogP contribution in [0, 0.1) is 17.0 Å². The number of hydrogen-bond donors (Lipinski definition) is 1. The lowest BCUT2D eigenvalue weighted by Gasteiger charge is -2.16. The van der Waals surface area contributed by atoms with Crippen molar-refractivity contribution in [3.8, 4) is 0 Å². The number of carbonyl (C=O) groups excluding carboxylic acids is 4. The first-order valence-electron chi connectivity index (χ1n) is 10.2. The summed E-state index contributed by atoms with van der Waals surface area (Å²) in [4.78, 5) is 61.7. The highest BCUT2D eigenvalue weighted by Crippen LogP contribution is 2.31. The Balaban J connectivity index is 1.45. The predicted molar refractivity (Wildman–Crippen MR) is 126 cm³/mol. The maximum atomic E-state index is 12.9. The van der Waals surface area contributed by atoms with E-state index >= 15 is 0 Å². The summed E-state index contributed by atoms with van der Waals surface area (Å²) in [5, 5.41) is 13.3. The van der Waals surface area contributed by atoms with E-state index in [4.69, 9.17) is 16.3 Å². The second-order valence-electron chi connectivity index (χ2n) is 7.54. The fourth-order valence-corrected chi connectivity index (χ4v) is 3.69. The molecule has 0 saturated carbocycles. The summed E-state index contributed by atoms with van der Waals surface area (Å²) in [6.45, 7) is 1.06. The van der Waals surface area contributed by atoms with Crippen LogP contribution in [0.4, 0.5) is 17.1 Å². The van der Waals surface area contributed by atoms with E-state index in [-0.39, 0.29) is 33.1 Å². The smallest absolute Gasteiger partial charge is 0.338 e. The van der Waals surface area contributed by atoms with Gasteiger partial charge in [0, 0.05) is 12.1 Å². The van der Waals surface area contributed by atoms with Crippen molar-refractivity contribution >= 4 is 52.4 Å². The highest BCUT2D eigenvalue weighted by molar-refractivity contribution is 6.35. The minimum absolute atomic E-state index is 0.0140. The number of halogens is 1. The SMILES string of the molecule is Cc1ccccc1N1C(=O)c2ccc(C(=O)OCC(=O)Nc3cc([N+](=O)[O-])ccc3Cl)cc2C1=O. The Bertz CT molecular complexity index is 1420. The molecule has 1 aliphatic heterocycles. The lowest BCUT2D eigenvalue weighted by Crippen LogP contribution is -2.29. The molecule has 0 atom stereocenters. The number of nitro benzene ring substituents is 1. The Morgan fingerprint density at radius 2 is 1.74 bits per heavy atom. The standard InChI is InChI=1S/C24H16ClN3O7/c1-13-4-2-3-5-20(13)27-22(30)16-8-6-14(10-17(16)23(27)31)24(32)35-12-21(29)26-19-11-15(28(33)34)7-9-18(19)25/h2-11H,12H2,1H3,(H,26,29). The van der Waals surface area contributed by atoms with E-state index in [2.05, 4.69) is 5.32 Å². The molecule has 0 spiro atoms. The molecule has 35 heavy (non-hydrogen) atoms. The number of rotatable bonds is 6. The molecule has 1 N–H and O–H groups in total. The number of fused-ring (bicyclic) bond motifs is 1. The van der Waals surface area contributed by atoms with Gasteiger partial charge in [-0.1, -0.05) is 29.8 Å². The fraction of sp³-hybridized carbons (Fsp3) is 0.0833. The number of carbonyl (C=O) groups is 4. The summed E-state index contributed by atoms with van der Waals surface area (Å²) in [5.74, 6) is -2.76. The molecule has 1 aliphatic rings. The molecule has 0 radical (unpaired) electrons. The van der Waals surface area contributed by atoms with E-state index < -0.39 is 35.2 Å². The third kappa shape index (κ3) is 4.59. The molecule has 0 aliphatic carbocycles. The maximum absolute atomic E-state index is 12.9. The van der Waals surface area contributed by atoms with Crippen LogP contribution in [0.3, 0.4) is 0 Å². The zero-order valence-corrected chi connectivity index (χ0v) is 18.9. The molecular weight excluding hydrogens is 478 g/mol. The molecule has 0 aromatic heterocycles. The topological polar surface area (TPSA) is 136 Å². The van der Waals surface area contributed by atoms with Gasteiger partial charge >= 0.3 is 5.97 Å². The average Bonchev–Trinajstić information content (AvgIpc) is 3.08. The number of imide groups is 1. The van der Waals surface area contributed by atoms with E-state index in [1.165, 1.54) is 30.3 Å². The van der Waals surface area contributed by atoms with Crippen LogP contribution in [-0.4, -0.2) is 35.2 Å². The minimum atomic E-state index is -0.900. The van der Waals surface area contributed by atoms with E-state index in [0.29, 0.717) is 5.69 Å². The molecule has 3 aromatic carbocycles. The molecule has 0 fully saturated rings. The van der Waals surface area contributed by atoms with Gasteiger partial charge in [-0.15, -0.1) is 0 Å². The quantitative estimate of drug-likeness (QED) is 0.236. The van der Waals surface area contributed by atoms with Crippen LogP contribution in [0.1, 0.15) is 36.6 Å². The first-order chi connectivity index (χ1) is 16.7. The Labute approximate surface area is 203 Å². The summed E-state index contributed by atoms with van der Waals surface area (Å²) in [6, 6.07) is 14.3. The second-order valence-corrected chi connectivity index (χ2v) is 7.95. The van der Waals surface area contributed by atoms with E-state index in [1.807, 2.05) is 0 Å². The van der Waals surface area contributed by atoms with Crippen LogP contribution in [0.25, 0.3) is 0 Å². The number of para-hydroxylation sites is 1. The highest BCUT2D eigenvalue weighted by Gasteiger charge is 2.37. The van der Waals surface area contributed by atoms with E-state index in [0.717, 1.165) is 16.5 Å². The molecule has 4 rings (SSSR count). The van der Waals surface area contributed by atoms with Gasteiger partial charge in [-0.3, -0.25) is 24.5 Å². The lowest BCUT2D eigenvalue weighted by molar-refractivity contribution is -0.384. The van der Waals surface area contributed by atoms with Crippen molar-refractivity contribution in [2.45, 2.75) is 6.92 Å². The summed E-state index contributed by atoms with van der Waals surface area (Å²) in [5.41, 5.74) is 1.04. The summed E-state index contributed by atoms with van der Waals surface area (Å²) < 4.78 is 4.99. The summed E-state index contributed by atoms with van der Waals surface area (Å²) >= 11 is 5.94. The maximum Gasteiger partial charge on any atom is 0.338 e. The van der Waals surface area contributed by atoms with Crippen molar-refractivity contribution in [2.24, 2.45) is 0 Å². The number of nitro groups is 1. The first kappa shape index (κ1) is 23.6. The number of non-ortho nitro benzene ring substituents is 1. The Kier molecular flexibility index (Phi) is 6.30. The predicted octanol–water partition coefficient (Wildman–Crippen LogP) is 4.15. The number of nitrogens with one attached hydrogen (secondary N) is 1. The van der Waals surface area contributed by atoms with E-state index in [1.54, 1.807) is 31.2 Å². The van der Waals surface area contributed by atoms with Crippen molar-refractivity contribution in [3.63, 3.8) is 0 Å². The summed E-state index contributed by atoms with van der Waals surface area (Å²) in [6.07, 6.45) is 0. The largest absolute Gasteiger partial charge is 0.452 e. The molecule has 1 heterocycles. The molecule has 0 saturated heterocycles. The van der Waals surface area contributed by atoms with E-state index in [9.17, 15) is 29.3 Å². The molecular formula is C24H16ClN3O7. The zero-order chi connectivity index (χ0) is 25.3. The van der Waals surface area contributed by atoms with Gasteiger partial charge in [0.05, 0.1) is 38.0 Å². The van der Waals surface area contributed by atoms with Crippen LogP contribution < -0.4 is 10.2 Å². The van der Waals surface area contributed by atoms with Crippen LogP contribution in [0.5, 0.6) is 0 Å². The minimum Gasteiger partial charge on any atom is -0.452 e. The Morgan fingerprint density at radius 1 is 1.03 bits per heavy atom. The molecule has 176 valence electrons. The normalized spacial score (nSPS) is 12.3. The number of aryl methyl sites for hydroxylation is 1. The van der Waals surface area contributed by atoms with Crippen molar-refractivity contribution in [1.29, 1.82) is 0 Å². The molecule has 10 nitrogen and oxygen atoms in total. The number of hydrogen-bond acceptors (Lipinski definition) is 7. The molecule has 3 amide bonds. The van der Waals surface area contributed by atoms with Gasteiger partial charge in [0.2, 0.25) is 0 Å². The van der Waals surface area contributed by atoms with Crippen LogP contribution >= 0.6 is 11.6 Å². The van der Waals surface area contributed by atoms with Gasteiger partial charge in [0.15, 0.2) is 6.61 Å². The molecule has 11 heteroatoms. The van der Waals surface area contributed by atoms with Crippen LogP contribution in [0.2, 0.25) is 5.02 Å². The van der Waals surface area contributed by atoms with Crippen molar-refractivity contribution in [2.75, 3.05) is 16.8 Å². The van der Waals surface area contributed by atoms with Gasteiger partial charge in [-0.05, 0) is 42.8 Å². The number of anilines is 2. The second kappa shape index (κ2) is 9.35. The van der Waals surface area contributed by atoms with Gasteiger partial charge in [0.25, 0.3) is 23.4 Å². The van der Waals surface area contributed by atoms with Crippen LogP contribution in [-0.2, 0) is 9.53 Å². The third-order valence-corrected chi connectivity index (χ3v) is 5.58. The number of benzene rings is 3. The van der Waals surface area contributed by atoms with Crippen LogP contribution in [0.15, 0.2) is 60.7 Å². The molecule has 0 bridgehead atoms. The number of amides is 3. The van der Waals surface area contributed by atoms with Crippen molar-refractivity contribution in [3.05, 3.63) is 98.1 Å². The van der Waals surface area contributed by atoms with Gasteiger partial charge < -0.3 is 10.1 Å². The van der Waals surface area contributed by atoms with Gasteiger partial charge in [0.1, 0.15) is 0 Å². The van der Waals surface area contributed by atoms with Crippen molar-refractivity contribution < 1.29 is 28.8 Å². The average molecular weight is 494 g/mol. The zero-order valence-electron chi connectivity index (χ0n) is 18.1. The number of esters is 1. The number of ether oxygens (including phenoxy) is 1. The monoisotopic (exact) mass is 493 g/mol. The Morgan fingerprint density at radius 3 is 2.46 bits per heavy atom. The Hall–Kier alpha value is -4.57. The molecule has 3 aromatic rings. The van der Waals surface area contributed by atoms with Gasteiger partial charge in [-0.2, -0.15) is 0 Å². The summed E-state index contributed by atoms with van der Waals surface area (Å²) in [7, 11) is 0.